The third kappa shape index (κ3) is 12.6. The monoisotopic (exact) mass is 492 g/mol. The molecule has 4 atom stereocenters. The van der Waals surface area contributed by atoms with E-state index in [2.05, 4.69) is 28.6 Å². The number of amides is 4. The van der Waals surface area contributed by atoms with Crippen molar-refractivity contribution >= 4 is 48.2 Å². The molecular weight excluding hydrogens is 460 g/mol. The zero-order chi connectivity index (χ0) is 25.6. The van der Waals surface area contributed by atoms with Crippen molar-refractivity contribution in [2.24, 2.45) is 17.2 Å². The van der Waals surface area contributed by atoms with Crippen molar-refractivity contribution in [2.45, 2.75) is 62.7 Å². The summed E-state index contributed by atoms with van der Waals surface area (Å²) < 4.78 is 0. The summed E-state index contributed by atoms with van der Waals surface area (Å²) in [6.07, 6.45) is -0.0786. The zero-order valence-corrected chi connectivity index (χ0v) is 18.9. The normalized spacial score (nSPS) is 14.3. The largest absolute Gasteiger partial charge is 0.481 e. The Hall–Kier alpha value is -2.91. The molecule has 15 heteroatoms. The minimum Gasteiger partial charge on any atom is -0.481 e. The number of nitrogens with one attached hydrogen (secondary N) is 3. The van der Waals surface area contributed by atoms with Gasteiger partial charge in [0.1, 0.15) is 18.1 Å². The number of unbranched alkanes of at least 4 members (excludes halogenated alkanes) is 1. The molecule has 0 fully saturated rings. The lowest BCUT2D eigenvalue weighted by Gasteiger charge is -2.24. The van der Waals surface area contributed by atoms with Crippen molar-refractivity contribution in [1.29, 1.82) is 0 Å². The van der Waals surface area contributed by atoms with Crippen LogP contribution in [0, 0.1) is 0 Å². The molecule has 0 heterocycles. The predicted octanol–water partition coefficient (Wildman–Crippen LogP) is -3.35. The Morgan fingerprint density at radius 1 is 0.818 bits per heavy atom. The summed E-state index contributed by atoms with van der Waals surface area (Å²) in [5.74, 6) is -6.28. The van der Waals surface area contributed by atoms with Crippen LogP contribution in [-0.4, -0.2) is 82.2 Å². The first-order valence-electron chi connectivity index (χ1n) is 10.1. The summed E-state index contributed by atoms with van der Waals surface area (Å²) >= 11 is 3.98. The molecule has 0 rings (SSSR count). The molecule has 4 unspecified atom stereocenters. The second-order valence-corrected chi connectivity index (χ2v) is 7.56. The van der Waals surface area contributed by atoms with Crippen molar-refractivity contribution in [3.8, 4) is 0 Å². The smallest absolute Gasteiger partial charge is 0.326 e. The highest BCUT2D eigenvalue weighted by molar-refractivity contribution is 7.80. The number of carbonyl (C=O) groups excluding carboxylic acids is 4. The minimum atomic E-state index is -1.50. The van der Waals surface area contributed by atoms with E-state index < -0.39 is 66.2 Å². The molecule has 188 valence electrons. The average Bonchev–Trinajstić information content (AvgIpc) is 2.73. The van der Waals surface area contributed by atoms with E-state index in [0.717, 1.165) is 0 Å². The molecule has 0 spiro atoms. The van der Waals surface area contributed by atoms with Gasteiger partial charge in [-0.15, -0.1) is 0 Å². The van der Waals surface area contributed by atoms with Crippen LogP contribution in [0.1, 0.15) is 38.5 Å². The van der Waals surface area contributed by atoms with E-state index in [9.17, 15) is 33.9 Å². The molecule has 0 bridgehead atoms. The van der Waals surface area contributed by atoms with E-state index in [4.69, 9.17) is 22.3 Å². The van der Waals surface area contributed by atoms with Gasteiger partial charge in [-0.05, 0) is 32.2 Å². The highest BCUT2D eigenvalue weighted by Gasteiger charge is 2.30. The number of carboxylic acid groups (broad SMARTS) is 2. The lowest BCUT2D eigenvalue weighted by Crippen LogP contribution is -2.58. The van der Waals surface area contributed by atoms with Gasteiger partial charge in [-0.3, -0.25) is 24.0 Å². The number of hydrogen-bond acceptors (Lipinski definition) is 9. The Kier molecular flexibility index (Phi) is 14.4. The molecule has 0 saturated carbocycles. The number of nitrogens with two attached hydrogens (primary N) is 3. The molecule has 33 heavy (non-hydrogen) atoms. The van der Waals surface area contributed by atoms with Crippen molar-refractivity contribution in [2.75, 3.05) is 12.3 Å². The van der Waals surface area contributed by atoms with Crippen LogP contribution < -0.4 is 33.2 Å². The second-order valence-electron chi connectivity index (χ2n) is 7.20. The first-order chi connectivity index (χ1) is 15.4. The van der Waals surface area contributed by atoms with Crippen LogP contribution in [0.3, 0.4) is 0 Å². The molecule has 0 aliphatic rings. The molecule has 0 radical (unpaired) electrons. The topological polar surface area (TPSA) is 257 Å². The quantitative estimate of drug-likeness (QED) is 0.0719. The molecule has 0 saturated heterocycles. The summed E-state index contributed by atoms with van der Waals surface area (Å²) in [4.78, 5) is 70.5. The number of aliphatic carboxylic acids is 2. The second kappa shape index (κ2) is 15.8. The van der Waals surface area contributed by atoms with Crippen LogP contribution in [0.25, 0.3) is 0 Å². The van der Waals surface area contributed by atoms with Gasteiger partial charge in [0.2, 0.25) is 23.6 Å². The molecule has 11 N–H and O–H groups in total. The SMILES string of the molecule is NCCCCC(NC(=O)C(CS)NC(=O)C(CC(N)=O)NC(=O)C(N)CCC(=O)O)C(=O)O. The minimum absolute atomic E-state index is 0.125. The lowest BCUT2D eigenvalue weighted by atomic mass is 10.1. The number of rotatable bonds is 17. The number of thiol groups is 1. The van der Waals surface area contributed by atoms with Gasteiger partial charge in [0.15, 0.2) is 0 Å². The van der Waals surface area contributed by atoms with Gasteiger partial charge >= 0.3 is 11.9 Å². The van der Waals surface area contributed by atoms with Gasteiger partial charge in [0, 0.05) is 12.2 Å². The summed E-state index contributed by atoms with van der Waals surface area (Å²) in [7, 11) is 0. The van der Waals surface area contributed by atoms with Crippen molar-refractivity contribution < 1.29 is 39.0 Å². The predicted molar refractivity (Wildman–Crippen MR) is 119 cm³/mol. The first-order valence-corrected chi connectivity index (χ1v) is 10.8. The van der Waals surface area contributed by atoms with Crippen LogP contribution >= 0.6 is 12.6 Å². The van der Waals surface area contributed by atoms with Gasteiger partial charge in [0.25, 0.3) is 0 Å². The molecule has 0 aromatic rings. The fourth-order valence-corrected chi connectivity index (χ4v) is 2.85. The zero-order valence-electron chi connectivity index (χ0n) is 18.0. The van der Waals surface area contributed by atoms with Gasteiger partial charge in [-0.25, -0.2) is 4.79 Å². The molecule has 0 aliphatic carbocycles. The highest BCUT2D eigenvalue weighted by atomic mass is 32.1. The van der Waals surface area contributed by atoms with Crippen molar-refractivity contribution in [3.63, 3.8) is 0 Å². The van der Waals surface area contributed by atoms with Gasteiger partial charge < -0.3 is 43.4 Å². The van der Waals surface area contributed by atoms with Crippen molar-refractivity contribution in [1.82, 2.24) is 16.0 Å². The molecule has 0 aromatic carbocycles. The molecule has 0 aliphatic heterocycles. The average molecular weight is 493 g/mol. The fourth-order valence-electron chi connectivity index (χ4n) is 2.59. The maximum absolute atomic E-state index is 12.6. The maximum atomic E-state index is 12.6. The summed E-state index contributed by atoms with van der Waals surface area (Å²) in [6.45, 7) is 0.364. The number of carbonyl (C=O) groups is 6. The van der Waals surface area contributed by atoms with Crippen LogP contribution in [0.4, 0.5) is 0 Å². The third-order valence-electron chi connectivity index (χ3n) is 4.42. The first kappa shape index (κ1) is 30.1. The van der Waals surface area contributed by atoms with E-state index in [1.165, 1.54) is 0 Å². The van der Waals surface area contributed by atoms with Gasteiger partial charge in [-0.1, -0.05) is 0 Å². The summed E-state index contributed by atoms with van der Waals surface area (Å²) in [5.41, 5.74) is 16.1. The highest BCUT2D eigenvalue weighted by Crippen LogP contribution is 2.03. The number of carboxylic acids is 2. The molecule has 14 nitrogen and oxygen atoms in total. The Morgan fingerprint density at radius 3 is 1.85 bits per heavy atom. The number of hydrogen-bond donors (Lipinski definition) is 9. The molecular formula is C18H32N6O8S. The summed E-state index contributed by atoms with van der Waals surface area (Å²) in [5, 5.41) is 24.7. The van der Waals surface area contributed by atoms with Crippen LogP contribution in [0.5, 0.6) is 0 Å². The van der Waals surface area contributed by atoms with E-state index >= 15 is 0 Å². The summed E-state index contributed by atoms with van der Waals surface area (Å²) in [6, 6.07) is -5.26. The van der Waals surface area contributed by atoms with Crippen molar-refractivity contribution in [3.05, 3.63) is 0 Å². The van der Waals surface area contributed by atoms with E-state index in [-0.39, 0.29) is 25.0 Å². The van der Waals surface area contributed by atoms with Gasteiger partial charge in [0.05, 0.1) is 12.5 Å². The van der Waals surface area contributed by atoms with E-state index in [1.54, 1.807) is 0 Å². The van der Waals surface area contributed by atoms with Gasteiger partial charge in [-0.2, -0.15) is 12.6 Å². The van der Waals surface area contributed by atoms with Crippen LogP contribution in [0.15, 0.2) is 0 Å². The third-order valence-corrected chi connectivity index (χ3v) is 4.79. The molecule has 4 amide bonds. The van der Waals surface area contributed by atoms with Crippen LogP contribution in [-0.2, 0) is 28.8 Å². The van der Waals surface area contributed by atoms with E-state index in [0.29, 0.717) is 19.4 Å². The van der Waals surface area contributed by atoms with Crippen LogP contribution in [0.2, 0.25) is 0 Å². The standard InChI is InChI=1S/C18H32N6O8S/c19-6-2-1-3-10(18(31)32)22-17(30)12(8-33)24-16(29)11(7-13(21)25)23-15(28)9(20)4-5-14(26)27/h9-12,33H,1-8,19-20H2,(H2,21,25)(H,22,30)(H,23,28)(H,24,29)(H,26,27)(H,31,32). The number of primary amides is 1. The lowest BCUT2D eigenvalue weighted by molar-refractivity contribution is -0.142. The fraction of sp³-hybridized carbons (Fsp3) is 0.667. The Balaban J connectivity index is 5.19. The molecule has 0 aromatic heterocycles. The Morgan fingerprint density at radius 2 is 1.36 bits per heavy atom. The maximum Gasteiger partial charge on any atom is 0.326 e. The Labute approximate surface area is 195 Å². The van der Waals surface area contributed by atoms with E-state index in [1.807, 2.05) is 0 Å². The Bertz CT molecular complexity index is 722.